The summed E-state index contributed by atoms with van der Waals surface area (Å²) in [6.45, 7) is 0. The normalized spacial score (nSPS) is 10.0. The second kappa shape index (κ2) is 4.19. The molecule has 0 fully saturated rings. The van der Waals surface area contributed by atoms with Crippen molar-refractivity contribution in [2.75, 3.05) is 0 Å². The lowest BCUT2D eigenvalue weighted by atomic mass is 9.80. The van der Waals surface area contributed by atoms with Gasteiger partial charge in [0.25, 0.3) is 0 Å². The fraction of sp³-hybridized carbons (Fsp3) is 0. The molecule has 0 saturated carbocycles. The molecule has 0 spiro atoms. The van der Waals surface area contributed by atoms with Gasteiger partial charge < -0.3 is 15.2 Å². The van der Waals surface area contributed by atoms with Crippen molar-refractivity contribution in [2.24, 2.45) is 0 Å². The lowest BCUT2D eigenvalue weighted by Crippen LogP contribution is -2.30. The second-order valence-corrected chi connectivity index (χ2v) is 3.35. The lowest BCUT2D eigenvalue weighted by molar-refractivity contribution is 0.0697. The zero-order valence-corrected chi connectivity index (χ0v) is 8.25. The summed E-state index contributed by atoms with van der Waals surface area (Å²) in [6.07, 6.45) is 0. The minimum atomic E-state index is -1.73. The minimum Gasteiger partial charge on any atom is -0.478 e. The Morgan fingerprint density at radius 3 is 1.93 bits per heavy atom. The molecule has 1 rings (SSSR count). The summed E-state index contributed by atoms with van der Waals surface area (Å²) in [4.78, 5) is 10.6. The second-order valence-electron chi connectivity index (χ2n) is 2.54. The van der Waals surface area contributed by atoms with Gasteiger partial charge in [0.15, 0.2) is 0 Å². The zero-order chi connectivity index (χ0) is 10.9. The Labute approximate surface area is 89.8 Å². The van der Waals surface area contributed by atoms with Crippen molar-refractivity contribution >= 4 is 41.8 Å². The first-order valence-electron chi connectivity index (χ1n) is 3.52. The van der Waals surface area contributed by atoms with Gasteiger partial charge in [-0.25, -0.2) is 4.79 Å². The van der Waals surface area contributed by atoms with E-state index in [1.807, 2.05) is 0 Å². The molecule has 3 N–H and O–H groups in total. The van der Waals surface area contributed by atoms with Gasteiger partial charge in [-0.2, -0.15) is 0 Å². The number of hydrogen-bond donors (Lipinski definition) is 3. The third-order valence-electron chi connectivity index (χ3n) is 1.58. The molecule has 0 heterocycles. The van der Waals surface area contributed by atoms with Crippen LogP contribution in [0.1, 0.15) is 10.4 Å². The van der Waals surface area contributed by atoms with Gasteiger partial charge in [-0.15, -0.1) is 0 Å². The third-order valence-corrected chi connectivity index (χ3v) is 2.17. The highest BCUT2D eigenvalue weighted by Gasteiger charge is 2.19. The van der Waals surface area contributed by atoms with Crippen LogP contribution in [-0.2, 0) is 0 Å². The zero-order valence-electron chi connectivity index (χ0n) is 6.74. The SMILES string of the molecule is O=C(O)c1c(Cl)cc(B(O)O)cc1Cl. The summed E-state index contributed by atoms with van der Waals surface area (Å²) in [6, 6.07) is 2.28. The van der Waals surface area contributed by atoms with Gasteiger partial charge in [-0.1, -0.05) is 23.2 Å². The molecule has 7 heteroatoms. The largest absolute Gasteiger partial charge is 0.488 e. The molecule has 74 valence electrons. The lowest BCUT2D eigenvalue weighted by Gasteiger charge is -2.05. The van der Waals surface area contributed by atoms with Crippen LogP contribution in [-0.4, -0.2) is 28.2 Å². The first kappa shape index (κ1) is 11.3. The molecule has 4 nitrogen and oxygen atoms in total. The average molecular weight is 235 g/mol. The van der Waals surface area contributed by atoms with Crippen molar-refractivity contribution in [3.05, 3.63) is 27.7 Å². The monoisotopic (exact) mass is 234 g/mol. The Bertz CT molecular complexity index is 357. The van der Waals surface area contributed by atoms with Crippen LogP contribution < -0.4 is 5.46 Å². The van der Waals surface area contributed by atoms with Crippen molar-refractivity contribution in [2.45, 2.75) is 0 Å². The van der Waals surface area contributed by atoms with Crippen LogP contribution in [0, 0.1) is 0 Å². The van der Waals surface area contributed by atoms with Crippen LogP contribution in [0.2, 0.25) is 10.0 Å². The highest BCUT2D eigenvalue weighted by atomic mass is 35.5. The minimum absolute atomic E-state index is 0.0463. The van der Waals surface area contributed by atoms with E-state index in [-0.39, 0.29) is 21.1 Å². The maximum absolute atomic E-state index is 10.6. The summed E-state index contributed by atoms with van der Waals surface area (Å²) < 4.78 is 0. The Morgan fingerprint density at radius 1 is 1.21 bits per heavy atom. The standard InChI is InChI=1S/C7H5BCl2O4/c9-4-1-3(8(13)14)2-5(10)6(4)7(11)12/h1-2,13-14H,(H,11,12). The Balaban J connectivity index is 3.32. The van der Waals surface area contributed by atoms with Crippen LogP contribution >= 0.6 is 23.2 Å². The molecule has 0 atom stereocenters. The number of carbonyl (C=O) groups is 1. The molecule has 0 aliphatic heterocycles. The van der Waals surface area contributed by atoms with Crippen LogP contribution in [0.25, 0.3) is 0 Å². The van der Waals surface area contributed by atoms with Gasteiger partial charge in [0.1, 0.15) is 0 Å². The van der Waals surface area contributed by atoms with E-state index in [2.05, 4.69) is 0 Å². The number of rotatable bonds is 2. The summed E-state index contributed by atoms with van der Waals surface area (Å²) >= 11 is 11.2. The van der Waals surface area contributed by atoms with Crippen LogP contribution in [0.5, 0.6) is 0 Å². The molecular formula is C7H5BCl2O4. The van der Waals surface area contributed by atoms with Gasteiger partial charge in [-0.3, -0.25) is 0 Å². The summed E-state index contributed by atoms with van der Waals surface area (Å²) in [5.74, 6) is -1.26. The fourth-order valence-corrected chi connectivity index (χ4v) is 1.61. The quantitative estimate of drug-likeness (QED) is 0.647. The van der Waals surface area contributed by atoms with Gasteiger partial charge in [-0.05, 0) is 17.6 Å². The van der Waals surface area contributed by atoms with E-state index in [1.165, 1.54) is 0 Å². The third kappa shape index (κ3) is 2.19. The van der Waals surface area contributed by atoms with Gasteiger partial charge in [0, 0.05) is 0 Å². The maximum Gasteiger partial charge on any atom is 0.488 e. The highest BCUT2D eigenvalue weighted by Crippen LogP contribution is 2.23. The van der Waals surface area contributed by atoms with E-state index in [4.69, 9.17) is 38.4 Å². The molecule has 0 saturated heterocycles. The Hall–Kier alpha value is -0.745. The van der Waals surface area contributed by atoms with E-state index in [9.17, 15) is 4.79 Å². The van der Waals surface area contributed by atoms with Crippen LogP contribution in [0.4, 0.5) is 0 Å². The molecular weight excluding hydrogens is 230 g/mol. The number of benzene rings is 1. The van der Waals surface area contributed by atoms with E-state index in [0.29, 0.717) is 0 Å². The molecule has 0 radical (unpaired) electrons. The topological polar surface area (TPSA) is 77.8 Å². The predicted molar refractivity (Wildman–Crippen MR) is 53.2 cm³/mol. The molecule has 0 bridgehead atoms. The van der Waals surface area contributed by atoms with Crippen molar-refractivity contribution in [1.29, 1.82) is 0 Å². The molecule has 0 unspecified atom stereocenters. The molecule has 14 heavy (non-hydrogen) atoms. The maximum atomic E-state index is 10.6. The van der Waals surface area contributed by atoms with Crippen molar-refractivity contribution in [3.63, 3.8) is 0 Å². The van der Waals surface area contributed by atoms with E-state index in [1.54, 1.807) is 0 Å². The van der Waals surface area contributed by atoms with Gasteiger partial charge in [0.05, 0.1) is 15.6 Å². The van der Waals surface area contributed by atoms with Crippen LogP contribution in [0.15, 0.2) is 12.1 Å². The number of carboxylic acids is 1. The van der Waals surface area contributed by atoms with Crippen LogP contribution in [0.3, 0.4) is 0 Å². The molecule has 1 aromatic rings. The molecule has 0 amide bonds. The Kier molecular flexibility index (Phi) is 3.39. The number of carboxylic acid groups (broad SMARTS) is 1. The van der Waals surface area contributed by atoms with Gasteiger partial charge in [0.2, 0.25) is 0 Å². The first-order chi connectivity index (χ1) is 6.43. The summed E-state index contributed by atoms with van der Waals surface area (Å²) in [7, 11) is -1.73. The highest BCUT2D eigenvalue weighted by molar-refractivity contribution is 6.59. The number of halogens is 2. The molecule has 0 aromatic heterocycles. The van der Waals surface area contributed by atoms with Crippen molar-refractivity contribution < 1.29 is 19.9 Å². The molecule has 0 aliphatic carbocycles. The van der Waals surface area contributed by atoms with E-state index < -0.39 is 13.1 Å². The first-order valence-corrected chi connectivity index (χ1v) is 4.27. The predicted octanol–water partition coefficient (Wildman–Crippen LogP) is 0.371. The molecule has 0 aliphatic rings. The smallest absolute Gasteiger partial charge is 0.478 e. The summed E-state index contributed by atoms with van der Waals surface area (Å²) in [5, 5.41) is 26.0. The molecule has 1 aromatic carbocycles. The Morgan fingerprint density at radius 2 is 1.64 bits per heavy atom. The fourth-order valence-electron chi connectivity index (χ4n) is 0.946. The van der Waals surface area contributed by atoms with Crippen molar-refractivity contribution in [1.82, 2.24) is 0 Å². The van der Waals surface area contributed by atoms with Crippen molar-refractivity contribution in [3.8, 4) is 0 Å². The number of hydrogen-bond acceptors (Lipinski definition) is 3. The van der Waals surface area contributed by atoms with E-state index >= 15 is 0 Å². The van der Waals surface area contributed by atoms with E-state index in [0.717, 1.165) is 12.1 Å². The number of aromatic carboxylic acids is 1. The average Bonchev–Trinajstić information content (AvgIpc) is 2.01. The summed E-state index contributed by atoms with van der Waals surface area (Å²) in [5.41, 5.74) is -0.206. The van der Waals surface area contributed by atoms with Gasteiger partial charge >= 0.3 is 13.1 Å².